The van der Waals surface area contributed by atoms with Gasteiger partial charge >= 0.3 is 0 Å². The molecule has 1 N–H and O–H groups in total. The van der Waals surface area contributed by atoms with E-state index >= 15 is 0 Å². The van der Waals surface area contributed by atoms with Crippen LogP contribution in [-0.4, -0.2) is 15.7 Å². The van der Waals surface area contributed by atoms with Crippen LogP contribution < -0.4 is 5.32 Å². The van der Waals surface area contributed by atoms with Gasteiger partial charge in [-0.05, 0) is 24.3 Å². The van der Waals surface area contributed by atoms with Crippen LogP contribution in [0.4, 0.5) is 5.82 Å². The highest BCUT2D eigenvalue weighted by Gasteiger charge is 2.15. The molecule has 4 nitrogen and oxygen atoms in total. The number of carbonyl (C=O) groups excluding carboxylic acids is 1. The summed E-state index contributed by atoms with van der Waals surface area (Å²) >= 11 is 24.5. The van der Waals surface area contributed by atoms with Gasteiger partial charge in [0.2, 0.25) is 0 Å². The minimum atomic E-state index is -0.395. The Hall–Kier alpha value is -1.72. The molecule has 2 aromatic carbocycles. The van der Waals surface area contributed by atoms with Gasteiger partial charge in [0, 0.05) is 21.8 Å². The lowest BCUT2D eigenvalue weighted by Gasteiger charge is -2.07. The van der Waals surface area contributed by atoms with Crippen LogP contribution in [0.25, 0.3) is 0 Å². The average molecular weight is 415 g/mol. The van der Waals surface area contributed by atoms with Crippen molar-refractivity contribution in [3.05, 3.63) is 79.9 Å². The molecule has 3 aromatic rings. The molecule has 0 aliphatic rings. The maximum atomic E-state index is 12.3. The Balaban J connectivity index is 1.81. The molecule has 0 unspecified atom stereocenters. The van der Waals surface area contributed by atoms with Gasteiger partial charge in [-0.1, -0.05) is 64.6 Å². The number of amides is 1. The first kappa shape index (κ1) is 18.1. The average Bonchev–Trinajstić information content (AvgIpc) is 2.91. The molecule has 0 saturated heterocycles. The molecule has 0 fully saturated rings. The molecule has 0 atom stereocenters. The van der Waals surface area contributed by atoms with E-state index in [0.717, 1.165) is 0 Å². The molecular weight excluding hydrogens is 404 g/mol. The minimum Gasteiger partial charge on any atom is -0.304 e. The maximum Gasteiger partial charge on any atom is 0.258 e. The fraction of sp³-hybridized carbons (Fsp3) is 0.0588. The van der Waals surface area contributed by atoms with E-state index in [-0.39, 0.29) is 5.82 Å². The molecular formula is C17H11Cl4N3O. The van der Waals surface area contributed by atoms with Crippen molar-refractivity contribution >= 4 is 58.1 Å². The predicted octanol–water partition coefficient (Wildman–Crippen LogP) is 5.80. The van der Waals surface area contributed by atoms with Crippen molar-refractivity contribution in [2.24, 2.45) is 0 Å². The van der Waals surface area contributed by atoms with Gasteiger partial charge in [-0.15, -0.1) is 0 Å². The van der Waals surface area contributed by atoms with E-state index in [1.54, 1.807) is 53.3 Å². The third-order valence-electron chi connectivity index (χ3n) is 3.45. The second-order valence-electron chi connectivity index (χ2n) is 5.16. The lowest BCUT2D eigenvalue weighted by molar-refractivity contribution is 0.102. The molecule has 3 rings (SSSR count). The van der Waals surface area contributed by atoms with E-state index in [0.29, 0.717) is 37.8 Å². The molecule has 0 aliphatic carbocycles. The number of nitrogens with one attached hydrogen (secondary N) is 1. The Labute approximate surface area is 164 Å². The van der Waals surface area contributed by atoms with Crippen LogP contribution in [0.2, 0.25) is 20.1 Å². The summed E-state index contributed by atoms with van der Waals surface area (Å²) in [6.07, 6.45) is 1.59. The maximum absolute atomic E-state index is 12.3. The van der Waals surface area contributed by atoms with Gasteiger partial charge in [0.05, 0.1) is 17.1 Å². The van der Waals surface area contributed by atoms with Crippen LogP contribution in [0, 0.1) is 0 Å². The summed E-state index contributed by atoms with van der Waals surface area (Å²) in [6.45, 7) is 0.320. The number of hydrogen-bond donors (Lipinski definition) is 1. The molecule has 1 aromatic heterocycles. The van der Waals surface area contributed by atoms with Crippen molar-refractivity contribution in [2.45, 2.75) is 6.54 Å². The van der Waals surface area contributed by atoms with Crippen molar-refractivity contribution in [1.82, 2.24) is 9.78 Å². The van der Waals surface area contributed by atoms with E-state index in [1.165, 1.54) is 0 Å². The van der Waals surface area contributed by atoms with Crippen LogP contribution in [-0.2, 0) is 6.54 Å². The topological polar surface area (TPSA) is 46.9 Å². The number of hydrogen-bond acceptors (Lipinski definition) is 2. The van der Waals surface area contributed by atoms with Crippen molar-refractivity contribution in [1.29, 1.82) is 0 Å². The third-order valence-corrected chi connectivity index (χ3v) is 4.76. The van der Waals surface area contributed by atoms with E-state index in [2.05, 4.69) is 10.4 Å². The van der Waals surface area contributed by atoms with Gasteiger partial charge in [-0.3, -0.25) is 9.48 Å². The molecule has 0 radical (unpaired) electrons. The Bertz CT molecular complexity index is 919. The Morgan fingerprint density at radius 1 is 0.920 bits per heavy atom. The summed E-state index contributed by atoms with van der Waals surface area (Å²) in [4.78, 5) is 12.3. The molecule has 1 amide bonds. The summed E-state index contributed by atoms with van der Waals surface area (Å²) in [7, 11) is 0. The lowest BCUT2D eigenvalue weighted by atomic mass is 10.2. The smallest absolute Gasteiger partial charge is 0.258 e. The zero-order chi connectivity index (χ0) is 18.0. The Morgan fingerprint density at radius 2 is 1.56 bits per heavy atom. The van der Waals surface area contributed by atoms with Gasteiger partial charge in [-0.25, -0.2) is 0 Å². The molecule has 8 heteroatoms. The normalized spacial score (nSPS) is 10.7. The van der Waals surface area contributed by atoms with Gasteiger partial charge < -0.3 is 5.32 Å². The molecule has 0 saturated carbocycles. The highest BCUT2D eigenvalue weighted by molar-refractivity contribution is 6.36. The highest BCUT2D eigenvalue weighted by atomic mass is 35.5. The summed E-state index contributed by atoms with van der Waals surface area (Å²) in [6, 6.07) is 12.0. The van der Waals surface area contributed by atoms with Crippen LogP contribution in [0.1, 0.15) is 15.9 Å². The van der Waals surface area contributed by atoms with Crippen molar-refractivity contribution in [3.8, 4) is 0 Å². The van der Waals surface area contributed by atoms with E-state index in [1.807, 2.05) is 0 Å². The van der Waals surface area contributed by atoms with Crippen molar-refractivity contribution in [2.75, 3.05) is 5.32 Å². The predicted molar refractivity (Wildman–Crippen MR) is 102 cm³/mol. The minimum absolute atomic E-state index is 0.231. The second-order valence-corrected chi connectivity index (χ2v) is 6.79. The first-order valence-electron chi connectivity index (χ1n) is 7.17. The number of halogens is 4. The van der Waals surface area contributed by atoms with E-state index < -0.39 is 5.91 Å². The number of benzene rings is 2. The zero-order valence-corrected chi connectivity index (χ0v) is 15.7. The first-order chi connectivity index (χ1) is 12.0. The summed E-state index contributed by atoms with van der Waals surface area (Å²) in [5.74, 6) is -0.164. The molecule has 0 spiro atoms. The standard InChI is InChI=1S/C17H11Cl4N3O/c18-12-5-2-1-4-10(12)17(25)22-16-15(21)9-24(23-16)8-11-13(19)6-3-7-14(11)20/h1-7,9H,8H2,(H,22,23,25). The molecule has 1 heterocycles. The number of anilines is 1. The quantitative estimate of drug-likeness (QED) is 0.586. The summed E-state index contributed by atoms with van der Waals surface area (Å²) < 4.78 is 1.55. The van der Waals surface area contributed by atoms with E-state index in [9.17, 15) is 4.79 Å². The monoisotopic (exact) mass is 413 g/mol. The SMILES string of the molecule is O=C(Nc1nn(Cc2c(Cl)cccc2Cl)cc1Cl)c1ccccc1Cl. The first-order valence-corrected chi connectivity index (χ1v) is 8.68. The summed E-state index contributed by atoms with van der Waals surface area (Å²) in [5.41, 5.74) is 1.05. The second kappa shape index (κ2) is 7.67. The highest BCUT2D eigenvalue weighted by Crippen LogP contribution is 2.27. The zero-order valence-electron chi connectivity index (χ0n) is 12.6. The van der Waals surface area contributed by atoms with Crippen molar-refractivity contribution < 1.29 is 4.79 Å². The molecule has 0 aliphatic heterocycles. The largest absolute Gasteiger partial charge is 0.304 e. The third kappa shape index (κ3) is 4.10. The van der Waals surface area contributed by atoms with E-state index in [4.69, 9.17) is 46.4 Å². The number of aromatic nitrogens is 2. The molecule has 25 heavy (non-hydrogen) atoms. The van der Waals surface area contributed by atoms with Crippen LogP contribution >= 0.6 is 46.4 Å². The number of carbonyl (C=O) groups is 1. The lowest BCUT2D eigenvalue weighted by Crippen LogP contribution is -2.13. The van der Waals surface area contributed by atoms with Crippen LogP contribution in [0.3, 0.4) is 0 Å². The van der Waals surface area contributed by atoms with Crippen LogP contribution in [0.5, 0.6) is 0 Å². The fourth-order valence-corrected chi connectivity index (χ4v) is 3.16. The Morgan fingerprint density at radius 3 is 2.24 bits per heavy atom. The van der Waals surface area contributed by atoms with Crippen molar-refractivity contribution in [3.63, 3.8) is 0 Å². The molecule has 0 bridgehead atoms. The van der Waals surface area contributed by atoms with Gasteiger partial charge in [0.15, 0.2) is 5.82 Å². The van der Waals surface area contributed by atoms with Gasteiger partial charge in [0.25, 0.3) is 5.91 Å². The van der Waals surface area contributed by atoms with Crippen LogP contribution in [0.15, 0.2) is 48.7 Å². The summed E-state index contributed by atoms with van der Waals surface area (Å²) in [5, 5.41) is 8.62. The van der Waals surface area contributed by atoms with Gasteiger partial charge in [-0.2, -0.15) is 5.10 Å². The number of rotatable bonds is 4. The number of nitrogens with zero attached hydrogens (tertiary/aromatic N) is 2. The molecule has 128 valence electrons. The van der Waals surface area contributed by atoms with Gasteiger partial charge in [0.1, 0.15) is 5.02 Å². The fourth-order valence-electron chi connectivity index (χ4n) is 2.23. The Kier molecular flexibility index (Phi) is 5.54.